The lowest BCUT2D eigenvalue weighted by atomic mass is 10.1. The third-order valence-corrected chi connectivity index (χ3v) is 3.86. The van der Waals surface area contributed by atoms with Gasteiger partial charge in [0.25, 0.3) is 0 Å². The predicted molar refractivity (Wildman–Crippen MR) is 85.6 cm³/mol. The summed E-state index contributed by atoms with van der Waals surface area (Å²) in [7, 11) is 0. The molecule has 2 aromatic carbocycles. The van der Waals surface area contributed by atoms with E-state index in [9.17, 15) is 4.39 Å². The topological polar surface area (TPSA) is 12.0 Å². The molecule has 0 fully saturated rings. The normalized spacial score (nSPS) is 12.3. The summed E-state index contributed by atoms with van der Waals surface area (Å²) in [6.07, 6.45) is 0.862. The molecule has 0 heterocycles. The smallest absolute Gasteiger partial charge is 0.124 e. The van der Waals surface area contributed by atoms with Crippen LogP contribution in [0.25, 0.3) is 0 Å². The van der Waals surface area contributed by atoms with E-state index in [2.05, 4.69) is 33.4 Å². The van der Waals surface area contributed by atoms with E-state index in [1.807, 2.05) is 24.3 Å². The molecule has 2 aromatic rings. The van der Waals surface area contributed by atoms with E-state index in [1.54, 1.807) is 0 Å². The molecule has 0 spiro atoms. The number of rotatable bonds is 6. The predicted octanol–water partition coefficient (Wildman–Crippen LogP) is 4.53. The highest BCUT2D eigenvalue weighted by molar-refractivity contribution is 9.10. The lowest BCUT2D eigenvalue weighted by molar-refractivity contribution is 0.546. The Bertz CT molecular complexity index is 527. The molecule has 0 aliphatic carbocycles. The van der Waals surface area contributed by atoms with E-state index in [-0.39, 0.29) is 11.9 Å². The highest BCUT2D eigenvalue weighted by Gasteiger charge is 2.08. The van der Waals surface area contributed by atoms with Gasteiger partial charge in [0.05, 0.1) is 0 Å². The lowest BCUT2D eigenvalue weighted by Gasteiger charge is -2.16. The average molecular weight is 357 g/mol. The van der Waals surface area contributed by atoms with Gasteiger partial charge in [-0.05, 0) is 35.7 Å². The summed E-state index contributed by atoms with van der Waals surface area (Å²) in [5, 5.41) is 3.37. The van der Waals surface area contributed by atoms with Crippen molar-refractivity contribution < 1.29 is 4.39 Å². The van der Waals surface area contributed by atoms with Crippen LogP contribution in [0.2, 0.25) is 0 Å². The molecule has 0 saturated heterocycles. The van der Waals surface area contributed by atoms with E-state index >= 15 is 0 Å². The van der Waals surface area contributed by atoms with E-state index in [1.165, 1.54) is 17.7 Å². The fourth-order valence-electron chi connectivity index (χ4n) is 2.06. The molecule has 4 heteroatoms. The molecule has 0 amide bonds. The molecule has 1 N–H and O–H groups in total. The van der Waals surface area contributed by atoms with Gasteiger partial charge in [-0.2, -0.15) is 0 Å². The van der Waals surface area contributed by atoms with Crippen LogP contribution < -0.4 is 5.32 Å². The molecule has 0 aliphatic heterocycles. The Morgan fingerprint density at radius 2 is 1.85 bits per heavy atom. The van der Waals surface area contributed by atoms with Crippen LogP contribution in [0.4, 0.5) is 4.39 Å². The number of hydrogen-bond acceptors (Lipinski definition) is 1. The van der Waals surface area contributed by atoms with Crippen molar-refractivity contribution in [2.45, 2.75) is 19.0 Å². The number of benzene rings is 2. The largest absolute Gasteiger partial charge is 0.308 e. The molecule has 1 nitrogen and oxygen atoms in total. The quantitative estimate of drug-likeness (QED) is 0.750. The van der Waals surface area contributed by atoms with Crippen LogP contribution >= 0.6 is 27.5 Å². The third-order valence-electron chi connectivity index (χ3n) is 3.03. The van der Waals surface area contributed by atoms with E-state index in [0.29, 0.717) is 12.4 Å². The second-order valence-electron chi connectivity index (χ2n) is 4.70. The first-order valence-corrected chi connectivity index (χ1v) is 7.78. The Hall–Kier alpha value is -0.900. The number of alkyl halides is 1. The average Bonchev–Trinajstić information content (AvgIpc) is 2.43. The molecule has 0 radical (unpaired) electrons. The van der Waals surface area contributed by atoms with Gasteiger partial charge in [0, 0.05) is 22.9 Å². The van der Waals surface area contributed by atoms with Gasteiger partial charge < -0.3 is 5.32 Å². The molecular formula is C16H16BrClFN. The minimum Gasteiger partial charge on any atom is -0.308 e. The summed E-state index contributed by atoms with van der Waals surface area (Å²) < 4.78 is 14.0. The highest BCUT2D eigenvalue weighted by atomic mass is 79.9. The van der Waals surface area contributed by atoms with Crippen LogP contribution in [0.3, 0.4) is 0 Å². The van der Waals surface area contributed by atoms with Gasteiger partial charge in [-0.25, -0.2) is 4.39 Å². The number of nitrogens with one attached hydrogen (secondary N) is 1. The molecule has 1 atom stereocenters. The van der Waals surface area contributed by atoms with Crippen molar-refractivity contribution in [3.8, 4) is 0 Å². The summed E-state index contributed by atoms with van der Waals surface area (Å²) in [6, 6.07) is 15.3. The van der Waals surface area contributed by atoms with Gasteiger partial charge >= 0.3 is 0 Å². The Kier molecular flexibility index (Phi) is 6.02. The van der Waals surface area contributed by atoms with Gasteiger partial charge in [-0.3, -0.25) is 0 Å². The minimum absolute atomic E-state index is 0.168. The maximum Gasteiger partial charge on any atom is 0.124 e. The molecular weight excluding hydrogens is 341 g/mol. The maximum absolute atomic E-state index is 13.3. The Morgan fingerprint density at radius 1 is 1.10 bits per heavy atom. The second kappa shape index (κ2) is 7.77. The molecule has 1 unspecified atom stereocenters. The third kappa shape index (κ3) is 4.89. The van der Waals surface area contributed by atoms with Crippen molar-refractivity contribution in [1.82, 2.24) is 5.32 Å². The van der Waals surface area contributed by atoms with Gasteiger partial charge in [0.15, 0.2) is 0 Å². The van der Waals surface area contributed by atoms with Crippen molar-refractivity contribution in [1.29, 1.82) is 0 Å². The molecule has 0 aromatic heterocycles. The van der Waals surface area contributed by atoms with Crippen LogP contribution in [0.15, 0.2) is 53.0 Å². The van der Waals surface area contributed by atoms with E-state index < -0.39 is 0 Å². The lowest BCUT2D eigenvalue weighted by Crippen LogP contribution is -2.32. The molecule has 0 bridgehead atoms. The van der Waals surface area contributed by atoms with Crippen LogP contribution in [0.1, 0.15) is 11.1 Å². The highest BCUT2D eigenvalue weighted by Crippen LogP contribution is 2.15. The zero-order chi connectivity index (χ0) is 14.4. The molecule has 2 rings (SSSR count). The van der Waals surface area contributed by atoms with Gasteiger partial charge in [0.1, 0.15) is 5.82 Å². The van der Waals surface area contributed by atoms with Crippen molar-refractivity contribution in [3.05, 3.63) is 69.9 Å². The number of hydrogen-bond donors (Lipinski definition) is 1. The zero-order valence-corrected chi connectivity index (χ0v) is 13.3. The summed E-state index contributed by atoms with van der Waals surface area (Å²) in [6.45, 7) is 0.598. The Balaban J connectivity index is 1.93. The fraction of sp³-hybridized carbons (Fsp3) is 0.250. The van der Waals surface area contributed by atoms with Crippen LogP contribution in [-0.2, 0) is 13.0 Å². The van der Waals surface area contributed by atoms with Crippen molar-refractivity contribution >= 4 is 27.5 Å². The summed E-state index contributed by atoms with van der Waals surface area (Å²) in [4.78, 5) is 0. The number of halogens is 3. The van der Waals surface area contributed by atoms with E-state index in [0.717, 1.165) is 16.5 Å². The first-order chi connectivity index (χ1) is 9.67. The van der Waals surface area contributed by atoms with Crippen molar-refractivity contribution in [3.63, 3.8) is 0 Å². The second-order valence-corrected chi connectivity index (χ2v) is 5.92. The van der Waals surface area contributed by atoms with Crippen LogP contribution in [-0.4, -0.2) is 11.9 Å². The molecule has 0 aliphatic rings. The Labute approximate surface area is 132 Å². The van der Waals surface area contributed by atoms with Gasteiger partial charge in [-0.1, -0.05) is 46.3 Å². The molecule has 0 saturated carbocycles. The van der Waals surface area contributed by atoms with Crippen LogP contribution in [0.5, 0.6) is 0 Å². The fourth-order valence-corrected chi connectivity index (χ4v) is 2.79. The SMILES string of the molecule is Fc1cc(Br)cc(CNC(CCl)Cc2ccccc2)c1. The summed E-state index contributed by atoms with van der Waals surface area (Å²) >= 11 is 9.30. The minimum atomic E-state index is -0.235. The van der Waals surface area contributed by atoms with E-state index in [4.69, 9.17) is 11.6 Å². The first-order valence-electron chi connectivity index (χ1n) is 6.45. The molecule has 106 valence electrons. The summed E-state index contributed by atoms with van der Waals surface area (Å²) in [5.41, 5.74) is 2.14. The maximum atomic E-state index is 13.3. The van der Waals surface area contributed by atoms with Gasteiger partial charge in [0.2, 0.25) is 0 Å². The standard InChI is InChI=1S/C16H16BrClFN/c17-14-6-13(7-15(19)9-14)11-20-16(10-18)8-12-4-2-1-3-5-12/h1-7,9,16,20H,8,10-11H2. The van der Waals surface area contributed by atoms with Crippen molar-refractivity contribution in [2.75, 3.05) is 5.88 Å². The first kappa shape index (κ1) is 15.5. The zero-order valence-electron chi connectivity index (χ0n) is 11.0. The summed E-state index contributed by atoms with van der Waals surface area (Å²) in [5.74, 6) is 0.285. The van der Waals surface area contributed by atoms with Gasteiger partial charge in [-0.15, -0.1) is 11.6 Å². The van der Waals surface area contributed by atoms with Crippen molar-refractivity contribution in [2.24, 2.45) is 0 Å². The Morgan fingerprint density at radius 3 is 2.50 bits per heavy atom. The monoisotopic (exact) mass is 355 g/mol. The van der Waals surface area contributed by atoms with Crippen LogP contribution in [0, 0.1) is 5.82 Å². The molecule has 20 heavy (non-hydrogen) atoms.